The van der Waals surface area contributed by atoms with Crippen LogP contribution in [0.25, 0.3) is 79.8 Å². The van der Waals surface area contributed by atoms with Crippen molar-refractivity contribution in [3.8, 4) is 68.3 Å². The molecule has 3 heterocycles. The fourth-order valence-electron chi connectivity index (χ4n) is 6.21. The summed E-state index contributed by atoms with van der Waals surface area (Å²) in [5.74, 6) is -11.0. The Balaban J connectivity index is 0.000000224. The highest BCUT2D eigenvalue weighted by Gasteiger charge is 2.15. The summed E-state index contributed by atoms with van der Waals surface area (Å²) >= 11 is 0. The van der Waals surface area contributed by atoms with E-state index in [4.69, 9.17) is 0 Å². The second-order valence-electron chi connectivity index (χ2n) is 14.5. The van der Waals surface area contributed by atoms with Crippen molar-refractivity contribution in [2.24, 2.45) is 0 Å². The van der Waals surface area contributed by atoms with Crippen LogP contribution in [0.15, 0.2) is 110 Å². The number of rotatable bonds is 14. The average molecular weight is 965 g/mol. The molecule has 0 radical (unpaired) electrons. The van der Waals surface area contributed by atoms with E-state index in [1.54, 1.807) is 24.3 Å². The summed E-state index contributed by atoms with van der Waals surface area (Å²) in [6, 6.07) is 19.8. The molecule has 0 amide bonds. The predicted molar refractivity (Wildman–Crippen MR) is 223 cm³/mol. The molecular weight excluding hydrogens is 945 g/mol. The molecule has 0 unspecified atom stereocenters. The Hall–Kier alpha value is -11.2. The molecule has 356 valence electrons. The number of aromatic nitrogens is 12. The van der Waals surface area contributed by atoms with E-state index in [1.165, 1.54) is 18.2 Å². The van der Waals surface area contributed by atoms with Crippen molar-refractivity contribution in [3.63, 3.8) is 0 Å². The third kappa shape index (κ3) is 11.1. The van der Waals surface area contributed by atoms with Gasteiger partial charge in [-0.3, -0.25) is 0 Å². The van der Waals surface area contributed by atoms with E-state index in [-0.39, 0.29) is 79.5 Å². The Morgan fingerprint density at radius 3 is 0.569 bits per heavy atom. The molecule has 0 saturated heterocycles. The minimum atomic E-state index is -1.62. The van der Waals surface area contributed by atoms with Crippen molar-refractivity contribution in [1.82, 2.24) is 61.2 Å². The Kier molecular flexibility index (Phi) is 13.8. The monoisotopic (exact) mass is 964 g/mol. The second kappa shape index (κ2) is 20.4. The quantitative estimate of drug-likeness (QED) is 0.0920. The molecule has 0 aliphatic heterocycles. The molecule has 0 bridgehead atoms. The van der Waals surface area contributed by atoms with Crippen LogP contribution in [-0.2, 0) is 0 Å². The normalized spacial score (nSPS) is 10.6. The Labute approximate surface area is 400 Å². The van der Waals surface area contributed by atoms with Gasteiger partial charge in [-0.05, 0) is 117 Å². The summed E-state index contributed by atoms with van der Waals surface area (Å²) in [6.45, 7) is 6.49. The van der Waals surface area contributed by atoms with E-state index < -0.39 is 69.6 Å². The molecule has 0 aliphatic carbocycles. The summed E-state index contributed by atoms with van der Waals surface area (Å²) in [5, 5.41) is 137. The van der Waals surface area contributed by atoms with Gasteiger partial charge in [-0.2, -0.15) is 0 Å². The molecule has 0 spiro atoms. The first-order chi connectivity index (χ1) is 34.2. The minimum Gasteiger partial charge on any atom is -0.872 e. The molecule has 3 aromatic heterocycles. The summed E-state index contributed by atoms with van der Waals surface area (Å²) in [4.78, 5) is 67.1. The molecule has 26 heteroatoms. The SMILES string of the molecule is C=C([O-])c1cc(C(=O)[O-])cc(-c2nnc(-c3cc(C(=O)[O-])cc(C(=O)[O-])c3)nn2)c1.C=C([O-])c1cc(C(=O)[O-])cc(-c2nnc(-c3ccc(-c4nnc(-c5cc(C(=O)[O-])cc(C(=O)[O-])c5)nn4)cc3)nn2)c1. The Morgan fingerprint density at radius 1 is 0.250 bits per heavy atom. The van der Waals surface area contributed by atoms with Gasteiger partial charge >= 0.3 is 0 Å². The number of carboxylic acids is 6. The number of hydrogen-bond acceptors (Lipinski definition) is 26. The van der Waals surface area contributed by atoms with Gasteiger partial charge in [0.05, 0.1) is 35.8 Å². The molecule has 0 atom stereocenters. The number of aromatic carboxylic acids is 6. The molecule has 0 aliphatic rings. The van der Waals surface area contributed by atoms with Crippen LogP contribution in [0.4, 0.5) is 0 Å². The van der Waals surface area contributed by atoms with Crippen molar-refractivity contribution in [2.75, 3.05) is 0 Å². The van der Waals surface area contributed by atoms with E-state index >= 15 is 0 Å². The zero-order valence-corrected chi connectivity index (χ0v) is 35.7. The molecular formula is C46H20N12O14-8. The lowest BCUT2D eigenvalue weighted by Crippen LogP contribution is -2.25. The van der Waals surface area contributed by atoms with Gasteiger partial charge in [0.25, 0.3) is 0 Å². The molecule has 26 nitrogen and oxygen atoms in total. The first kappa shape index (κ1) is 48.7. The van der Waals surface area contributed by atoms with Crippen molar-refractivity contribution in [3.05, 3.63) is 155 Å². The molecule has 0 fully saturated rings. The number of nitrogens with zero attached hydrogens (tertiary/aromatic N) is 12. The van der Waals surface area contributed by atoms with Crippen LogP contribution in [0, 0.1) is 0 Å². The van der Waals surface area contributed by atoms with E-state index in [0.29, 0.717) is 11.1 Å². The van der Waals surface area contributed by atoms with Gasteiger partial charge in [0.2, 0.25) is 34.9 Å². The summed E-state index contributed by atoms with van der Waals surface area (Å²) < 4.78 is 0. The molecule has 8 aromatic rings. The zero-order chi connectivity index (χ0) is 52.0. The number of benzene rings is 5. The maximum absolute atomic E-state index is 11.7. The van der Waals surface area contributed by atoms with Gasteiger partial charge in [0.15, 0.2) is 0 Å². The van der Waals surface area contributed by atoms with Crippen LogP contribution in [0.2, 0.25) is 0 Å². The van der Waals surface area contributed by atoms with Gasteiger partial charge in [0.1, 0.15) is 0 Å². The summed E-state index contributed by atoms with van der Waals surface area (Å²) in [6.07, 6.45) is 0. The second-order valence-corrected chi connectivity index (χ2v) is 14.5. The van der Waals surface area contributed by atoms with Crippen LogP contribution in [0.1, 0.15) is 73.3 Å². The van der Waals surface area contributed by atoms with Gasteiger partial charge in [0, 0.05) is 33.4 Å². The largest absolute Gasteiger partial charge is 0.872 e. The topological polar surface area (TPSA) is 442 Å². The van der Waals surface area contributed by atoms with E-state index in [2.05, 4.69) is 74.3 Å². The lowest BCUT2D eigenvalue weighted by Gasteiger charge is -2.14. The van der Waals surface area contributed by atoms with Gasteiger partial charge < -0.3 is 69.6 Å². The number of carbonyl (C=O) groups excluding carboxylic acids is 6. The van der Waals surface area contributed by atoms with Crippen molar-refractivity contribution in [2.45, 2.75) is 0 Å². The highest BCUT2D eigenvalue weighted by Crippen LogP contribution is 2.26. The molecule has 0 saturated carbocycles. The van der Waals surface area contributed by atoms with Crippen molar-refractivity contribution < 1.29 is 69.6 Å². The lowest BCUT2D eigenvalue weighted by molar-refractivity contribution is -0.257. The maximum atomic E-state index is 11.7. The Morgan fingerprint density at radius 2 is 0.403 bits per heavy atom. The standard InChI is InChI=1S/C27H16N8O7.C19H12N4O7/c1-12(36)15-6-16(8-18(7-15)25(37)38)23-32-28-21(29-33-23)13-2-4-14(5-3-13)22-30-34-24(35-31-22)17-9-19(26(39)40)11-20(10-17)27(41)42;1-8(24)9-2-10(4-12(3-9)17(25)26)15-20-22-16(23-21-15)11-5-13(18(27)28)7-14(6-11)19(29)30/h2-11,36H,1H2,(H,37,38)(H,39,40)(H,41,42);2-7,24H,1H2,(H,25,26)(H,27,28)(H,29,30)/p-8. The van der Waals surface area contributed by atoms with Gasteiger partial charge in [-0.25, -0.2) is 0 Å². The van der Waals surface area contributed by atoms with Crippen LogP contribution >= 0.6 is 0 Å². The molecule has 5 aromatic carbocycles. The first-order valence-electron chi connectivity index (χ1n) is 19.7. The van der Waals surface area contributed by atoms with E-state index in [1.807, 2.05) is 0 Å². The molecule has 8 rings (SSSR count). The number of hydrogen-bond donors (Lipinski definition) is 0. The molecule has 0 N–H and O–H groups in total. The summed E-state index contributed by atoms with van der Waals surface area (Å²) in [7, 11) is 0. The highest BCUT2D eigenvalue weighted by atomic mass is 16.4. The highest BCUT2D eigenvalue weighted by molar-refractivity contribution is 5.95. The first-order valence-corrected chi connectivity index (χ1v) is 19.7. The fraction of sp³-hybridized carbons (Fsp3) is 0. The minimum absolute atomic E-state index is 0.0245. The van der Waals surface area contributed by atoms with E-state index in [9.17, 15) is 69.6 Å². The van der Waals surface area contributed by atoms with Crippen LogP contribution in [0.5, 0.6) is 0 Å². The van der Waals surface area contributed by atoms with Crippen LogP contribution in [-0.4, -0.2) is 97.0 Å². The predicted octanol–water partition coefficient (Wildman–Crippen LogP) is -5.04. The van der Waals surface area contributed by atoms with Crippen LogP contribution in [0.3, 0.4) is 0 Å². The van der Waals surface area contributed by atoms with Gasteiger partial charge in [-0.1, -0.05) is 24.3 Å². The van der Waals surface area contributed by atoms with Gasteiger partial charge in [-0.15, -0.1) is 85.9 Å². The number of carbonyl (C=O) groups is 6. The maximum Gasteiger partial charge on any atom is 0.203 e. The average Bonchev–Trinajstić information content (AvgIpc) is 3.38. The van der Waals surface area contributed by atoms with Crippen LogP contribution < -0.4 is 40.9 Å². The molecule has 72 heavy (non-hydrogen) atoms. The Bertz CT molecular complexity index is 3180. The van der Waals surface area contributed by atoms with E-state index in [0.717, 1.165) is 54.6 Å². The lowest BCUT2D eigenvalue weighted by atomic mass is 10.0. The fourth-order valence-corrected chi connectivity index (χ4v) is 6.21. The number of carboxylic acid groups (broad SMARTS) is 6. The third-order valence-corrected chi connectivity index (χ3v) is 9.66. The summed E-state index contributed by atoms with van der Waals surface area (Å²) in [5.41, 5.74) is -0.970. The zero-order valence-electron chi connectivity index (χ0n) is 35.7. The van der Waals surface area contributed by atoms with Crippen molar-refractivity contribution in [1.29, 1.82) is 0 Å². The van der Waals surface area contributed by atoms with Crippen molar-refractivity contribution >= 4 is 47.3 Å². The third-order valence-electron chi connectivity index (χ3n) is 9.66. The smallest absolute Gasteiger partial charge is 0.203 e.